The third-order valence-corrected chi connectivity index (χ3v) is 14.6. The van der Waals surface area contributed by atoms with Gasteiger partial charge in [-0.1, -0.05) is 83.6 Å². The van der Waals surface area contributed by atoms with Crippen molar-refractivity contribution in [1.82, 2.24) is 4.90 Å². The van der Waals surface area contributed by atoms with Crippen LogP contribution >= 0.6 is 0 Å². The van der Waals surface area contributed by atoms with Crippen molar-refractivity contribution in [2.75, 3.05) is 20.8 Å². The summed E-state index contributed by atoms with van der Waals surface area (Å²) in [6, 6.07) is -1.12. The van der Waals surface area contributed by atoms with E-state index in [1.807, 2.05) is 65.0 Å². The molecule has 13 heteroatoms. The lowest BCUT2D eigenvalue weighted by Crippen LogP contribution is -2.60. The molecule has 3 heterocycles. The molecule has 2 saturated heterocycles. The molecule has 0 unspecified atom stereocenters. The summed E-state index contributed by atoms with van der Waals surface area (Å²) in [5.74, 6) is -7.66. The summed E-state index contributed by atoms with van der Waals surface area (Å²) in [5.41, 5.74) is 1.46. The maximum absolute atomic E-state index is 14.3. The molecule has 4 rings (SSSR count). The number of cyclic esters (lactones) is 1. The quantitative estimate of drug-likeness (QED) is 0.149. The van der Waals surface area contributed by atoms with Gasteiger partial charge >= 0.3 is 5.97 Å². The molecule has 4 aliphatic rings. The average molecular weight is 898 g/mol. The summed E-state index contributed by atoms with van der Waals surface area (Å²) < 4.78 is 23.6. The normalized spacial score (nSPS) is 40.9. The zero-order valence-electron chi connectivity index (χ0n) is 40.2. The molecule has 0 aromatic heterocycles. The molecule has 2 bridgehead atoms. The van der Waals surface area contributed by atoms with Gasteiger partial charge in [0.25, 0.3) is 11.7 Å². The molecule has 1 amide bonds. The molecule has 360 valence electrons. The number of nitrogens with zero attached hydrogens (tertiary/aromatic N) is 1. The van der Waals surface area contributed by atoms with Crippen LogP contribution in [0.1, 0.15) is 132 Å². The number of fused-ring (bicyclic) bond motifs is 3. The van der Waals surface area contributed by atoms with Crippen LogP contribution in [0, 0.1) is 41.4 Å². The Hall–Kier alpha value is -3.33. The number of allylic oxidation sites excluding steroid dienone is 7. The second kappa shape index (κ2) is 24.4. The van der Waals surface area contributed by atoms with Crippen LogP contribution in [0.15, 0.2) is 47.6 Å². The highest BCUT2D eigenvalue weighted by Gasteiger charge is 2.53. The first kappa shape index (κ1) is 53.3. The molecular formula is C51H79NO12. The highest BCUT2D eigenvalue weighted by atomic mass is 16.6. The molecular weight excluding hydrogens is 819 g/mol. The molecule has 64 heavy (non-hydrogen) atoms. The minimum atomic E-state index is -2.37. The summed E-state index contributed by atoms with van der Waals surface area (Å²) in [6.45, 7) is 15.0. The number of piperidine rings is 1. The van der Waals surface area contributed by atoms with Gasteiger partial charge in [-0.15, -0.1) is 0 Å². The van der Waals surface area contributed by atoms with E-state index in [2.05, 4.69) is 0 Å². The van der Waals surface area contributed by atoms with E-state index in [9.17, 15) is 39.3 Å². The topological polar surface area (TPSA) is 186 Å². The van der Waals surface area contributed by atoms with Crippen molar-refractivity contribution in [3.05, 3.63) is 47.6 Å². The molecule has 0 aromatic carbocycles. The Morgan fingerprint density at radius 1 is 0.844 bits per heavy atom. The molecule has 0 radical (unpaired) electrons. The number of aliphatic hydroxyl groups is 3. The van der Waals surface area contributed by atoms with E-state index in [1.165, 1.54) is 12.0 Å². The van der Waals surface area contributed by atoms with Crippen molar-refractivity contribution in [3.63, 3.8) is 0 Å². The second-order valence-electron chi connectivity index (χ2n) is 19.8. The Labute approximate surface area is 382 Å². The van der Waals surface area contributed by atoms with Crippen molar-refractivity contribution in [1.29, 1.82) is 0 Å². The van der Waals surface area contributed by atoms with Crippen LogP contribution in [0.5, 0.6) is 0 Å². The van der Waals surface area contributed by atoms with Gasteiger partial charge < -0.3 is 39.2 Å². The largest absolute Gasteiger partial charge is 0.460 e. The van der Waals surface area contributed by atoms with E-state index in [1.54, 1.807) is 34.0 Å². The van der Waals surface area contributed by atoms with E-state index in [4.69, 9.17) is 18.9 Å². The van der Waals surface area contributed by atoms with Crippen molar-refractivity contribution >= 4 is 29.2 Å². The van der Waals surface area contributed by atoms with Gasteiger partial charge in [0.2, 0.25) is 5.79 Å². The van der Waals surface area contributed by atoms with Gasteiger partial charge in [-0.25, -0.2) is 4.79 Å². The number of amides is 1. The van der Waals surface area contributed by atoms with Gasteiger partial charge in [-0.2, -0.15) is 0 Å². The molecule has 3 fully saturated rings. The van der Waals surface area contributed by atoms with E-state index in [-0.39, 0.29) is 60.7 Å². The number of ether oxygens (including phenoxy) is 4. The summed E-state index contributed by atoms with van der Waals surface area (Å²) in [6.07, 6.45) is 12.5. The van der Waals surface area contributed by atoms with Gasteiger partial charge in [0.05, 0.1) is 18.3 Å². The Morgan fingerprint density at radius 3 is 2.25 bits per heavy atom. The van der Waals surface area contributed by atoms with Crippen molar-refractivity contribution < 1.29 is 58.2 Å². The third kappa shape index (κ3) is 13.9. The fourth-order valence-corrected chi connectivity index (χ4v) is 10.0. The zero-order valence-corrected chi connectivity index (χ0v) is 40.2. The summed E-state index contributed by atoms with van der Waals surface area (Å²) in [7, 11) is 2.95. The van der Waals surface area contributed by atoms with Gasteiger partial charge in [0.15, 0.2) is 5.78 Å². The monoisotopic (exact) mass is 898 g/mol. The number of aliphatic hydroxyl groups excluding tert-OH is 2. The number of hydrogen-bond acceptors (Lipinski definition) is 12. The first-order valence-corrected chi connectivity index (χ1v) is 23.9. The van der Waals surface area contributed by atoms with Crippen LogP contribution < -0.4 is 0 Å². The summed E-state index contributed by atoms with van der Waals surface area (Å²) >= 11 is 0. The van der Waals surface area contributed by atoms with Crippen LogP contribution in [0.4, 0.5) is 0 Å². The standard InChI is InChI=1S/C51H79NO12/c1-30-16-12-11-13-17-31(2)32(3)27-39-21-19-37(8)51(60,64-39)48(57)49(58)52-23-15-14-18-40(52)50(59)63-43(34(5)26-38-20-22-41(53)44(28-38)61-9)29-42(54)33(4)25-36(7)46(56)47(62-10)45(55)35(6)24-30/h11-13,16-17,25,30,32-35,37-41,43-44,46-47,53,56,60H,14-15,18-24,26-29H2,1-10H3/b13-11+,16-12+,31-17+,36-25+/t30-,32+,33-,34-,35-,37-,38+,39+,40+,41-,43+,44-,46-,47+,51-/m1/s1. The van der Waals surface area contributed by atoms with E-state index < -0.39 is 77.8 Å². The molecule has 13 nitrogen and oxygen atoms in total. The van der Waals surface area contributed by atoms with Crippen LogP contribution in [-0.4, -0.2) is 119 Å². The van der Waals surface area contributed by atoms with Crippen molar-refractivity contribution in [3.8, 4) is 0 Å². The van der Waals surface area contributed by atoms with Crippen molar-refractivity contribution in [2.24, 2.45) is 41.4 Å². The SMILES string of the molecule is CO[C@@H]1C[C@H](C[C@@H](C)[C@@H]2CC(=O)[C@H](C)/C=C(\C)[C@@H](O)[C@@H](OC)C(=O)[C@H](C)C[C@H](C)/C=C/C=C/C=C(\C)[C@@H](C)C[C@@H]3CC[C@@H](C)[C@@](O)(O3)C(=O)C(=O)N3CCCC[C@H]3C(=O)O2)CC[C@H]1O. The lowest BCUT2D eigenvalue weighted by atomic mass is 9.78. The summed E-state index contributed by atoms with van der Waals surface area (Å²) in [4.78, 5) is 71.7. The molecule has 3 aliphatic heterocycles. The Morgan fingerprint density at radius 2 is 1.56 bits per heavy atom. The number of rotatable bonds is 5. The van der Waals surface area contributed by atoms with Crippen LogP contribution in [-0.2, 0) is 42.9 Å². The van der Waals surface area contributed by atoms with Gasteiger partial charge in [0.1, 0.15) is 30.1 Å². The Kier molecular flexibility index (Phi) is 20.4. The highest BCUT2D eigenvalue weighted by molar-refractivity contribution is 6.39. The minimum absolute atomic E-state index is 0.0315. The molecule has 0 spiro atoms. The van der Waals surface area contributed by atoms with Crippen molar-refractivity contribution in [2.45, 2.75) is 181 Å². The second-order valence-corrected chi connectivity index (χ2v) is 19.8. The molecule has 15 atom stereocenters. The number of esters is 1. The lowest BCUT2D eigenvalue weighted by Gasteiger charge is -2.42. The zero-order chi connectivity index (χ0) is 47.5. The van der Waals surface area contributed by atoms with Crippen LogP contribution in [0.25, 0.3) is 0 Å². The number of hydrogen-bond donors (Lipinski definition) is 3. The van der Waals surface area contributed by atoms with Crippen LogP contribution in [0.2, 0.25) is 0 Å². The summed E-state index contributed by atoms with van der Waals surface area (Å²) in [5, 5.41) is 33.8. The molecule has 1 aliphatic carbocycles. The predicted octanol–water partition coefficient (Wildman–Crippen LogP) is 6.80. The smallest absolute Gasteiger partial charge is 0.329 e. The number of methoxy groups -OCH3 is 2. The fraction of sp³-hybridized carbons (Fsp3) is 0.745. The molecule has 1 saturated carbocycles. The van der Waals surface area contributed by atoms with Gasteiger partial charge in [-0.3, -0.25) is 19.2 Å². The Bertz CT molecular complexity index is 1740. The maximum Gasteiger partial charge on any atom is 0.329 e. The number of ketones is 3. The Balaban J connectivity index is 1.69. The maximum atomic E-state index is 14.3. The first-order chi connectivity index (χ1) is 30.2. The highest BCUT2D eigenvalue weighted by Crippen LogP contribution is 2.38. The van der Waals surface area contributed by atoms with Gasteiger partial charge in [0, 0.05) is 44.9 Å². The molecule has 0 aromatic rings. The van der Waals surface area contributed by atoms with Gasteiger partial charge in [-0.05, 0) is 114 Å². The van der Waals surface area contributed by atoms with E-state index in [0.717, 1.165) is 12.0 Å². The average Bonchev–Trinajstić information content (AvgIpc) is 3.26. The van der Waals surface area contributed by atoms with E-state index in [0.29, 0.717) is 63.4 Å². The minimum Gasteiger partial charge on any atom is -0.460 e. The fourth-order valence-electron chi connectivity index (χ4n) is 10.0. The number of Topliss-reactive ketones (excluding diaryl/α,β-unsaturated/α-hetero) is 3. The predicted molar refractivity (Wildman–Crippen MR) is 244 cm³/mol. The third-order valence-electron chi connectivity index (χ3n) is 14.6. The lowest BCUT2D eigenvalue weighted by molar-refractivity contribution is -0.264. The number of carbonyl (C=O) groups is 5. The molecule has 3 N–H and O–H groups in total. The van der Waals surface area contributed by atoms with E-state index >= 15 is 0 Å². The van der Waals surface area contributed by atoms with Crippen LogP contribution in [0.3, 0.4) is 0 Å². The first-order valence-electron chi connectivity index (χ1n) is 23.9. The number of carbonyl (C=O) groups excluding carboxylic acids is 5.